The van der Waals surface area contributed by atoms with Crippen LogP contribution in [0.4, 0.5) is 5.69 Å². The average Bonchev–Trinajstić information content (AvgIpc) is 2.47. The van der Waals surface area contributed by atoms with Gasteiger partial charge in [-0.15, -0.1) is 0 Å². The molecule has 0 radical (unpaired) electrons. The van der Waals surface area contributed by atoms with E-state index in [1.165, 1.54) is 0 Å². The molecule has 0 amide bonds. The maximum atomic E-state index is 12.0. The van der Waals surface area contributed by atoms with Crippen LogP contribution in [-0.4, -0.2) is 12.7 Å². The van der Waals surface area contributed by atoms with Crippen LogP contribution in [0.25, 0.3) is 0 Å². The molecule has 5 nitrogen and oxygen atoms in total. The average molecular weight is 333 g/mol. The minimum Gasteiger partial charge on any atom is -0.575 e. The van der Waals surface area contributed by atoms with Gasteiger partial charge in [0.05, 0.1) is 7.11 Å². The van der Waals surface area contributed by atoms with E-state index < -0.39 is 8.17 Å². The Morgan fingerprint density at radius 1 is 1.00 bits per heavy atom. The van der Waals surface area contributed by atoms with Crippen molar-refractivity contribution in [1.29, 1.82) is 0 Å². The minimum atomic E-state index is -2.21. The number of benzene rings is 2. The fourth-order valence-electron chi connectivity index (χ4n) is 1.82. The minimum absolute atomic E-state index is 0.380. The first kappa shape index (κ1) is 17.3. The Morgan fingerprint density at radius 2 is 1.70 bits per heavy atom. The van der Waals surface area contributed by atoms with Crippen molar-refractivity contribution in [2.75, 3.05) is 7.11 Å². The van der Waals surface area contributed by atoms with E-state index in [0.717, 1.165) is 0 Å². The van der Waals surface area contributed by atoms with Gasteiger partial charge in [0.15, 0.2) is 17.2 Å². The third-order valence-corrected chi connectivity index (χ3v) is 3.45. The van der Waals surface area contributed by atoms with Crippen molar-refractivity contribution in [3.8, 4) is 17.2 Å². The second-order valence-corrected chi connectivity index (χ2v) is 6.65. The van der Waals surface area contributed by atoms with Crippen molar-refractivity contribution in [3.05, 3.63) is 48.5 Å². The second kappa shape index (κ2) is 7.44. The Labute approximate surface area is 137 Å². The van der Waals surface area contributed by atoms with Crippen molar-refractivity contribution >= 4 is 13.9 Å². The molecule has 0 bridgehead atoms. The maximum absolute atomic E-state index is 12.0. The molecule has 23 heavy (non-hydrogen) atoms. The Kier molecular flexibility index (Phi) is 5.59. The van der Waals surface area contributed by atoms with Crippen molar-refractivity contribution in [2.45, 2.75) is 26.4 Å². The van der Waals surface area contributed by atoms with Gasteiger partial charge in [0.2, 0.25) is 0 Å². The highest BCUT2D eigenvalue weighted by Crippen LogP contribution is 2.36. The van der Waals surface area contributed by atoms with E-state index in [1.807, 2.05) is 26.8 Å². The number of nitrogens with zero attached hydrogens (tertiary/aromatic N) is 1. The van der Waals surface area contributed by atoms with Gasteiger partial charge in [0.1, 0.15) is 11.3 Å². The standard InChI is InChI=1S/C17H20NO4P/c1-17(2,3)21-16-12-13(10-11-15(16)20-4)18-23(19)22-14-8-6-5-7-9-14/h5-12H,1-4H3. The lowest BCUT2D eigenvalue weighted by atomic mass is 10.2. The number of para-hydroxylation sites is 1. The van der Waals surface area contributed by atoms with Gasteiger partial charge in [0, 0.05) is 6.07 Å². The fraction of sp³-hybridized carbons (Fsp3) is 0.294. The Balaban J connectivity index is 2.22. The van der Waals surface area contributed by atoms with Crippen LogP contribution >= 0.6 is 8.17 Å². The van der Waals surface area contributed by atoms with Crippen LogP contribution in [-0.2, 0) is 0 Å². The lowest BCUT2D eigenvalue weighted by molar-refractivity contribution is -0.168. The van der Waals surface area contributed by atoms with E-state index in [1.54, 1.807) is 49.6 Å². The summed E-state index contributed by atoms with van der Waals surface area (Å²) in [5.41, 5.74) is 0.122. The number of rotatable bonds is 5. The SMILES string of the molecule is COc1ccc(/N=[P+](\[O-])Oc2ccccc2)cc1OC(C)(C)C. The smallest absolute Gasteiger partial charge is 0.399 e. The number of hydrogen-bond acceptors (Lipinski definition) is 5. The lowest BCUT2D eigenvalue weighted by Crippen LogP contribution is -2.23. The summed E-state index contributed by atoms with van der Waals surface area (Å²) in [4.78, 5) is 12.0. The van der Waals surface area contributed by atoms with Gasteiger partial charge in [-0.2, -0.15) is 0 Å². The van der Waals surface area contributed by atoms with Crippen molar-refractivity contribution in [1.82, 2.24) is 0 Å². The van der Waals surface area contributed by atoms with Crippen molar-refractivity contribution in [3.63, 3.8) is 0 Å². The predicted molar refractivity (Wildman–Crippen MR) is 89.5 cm³/mol. The molecular formula is C17H20NO4P. The number of methoxy groups -OCH3 is 1. The molecule has 0 aliphatic heterocycles. The summed E-state index contributed by atoms with van der Waals surface area (Å²) >= 11 is 0. The van der Waals surface area contributed by atoms with Crippen LogP contribution in [0.3, 0.4) is 0 Å². The first-order valence-corrected chi connectivity index (χ1v) is 8.29. The second-order valence-electron chi connectivity index (χ2n) is 5.79. The lowest BCUT2D eigenvalue weighted by Gasteiger charge is -2.22. The van der Waals surface area contributed by atoms with Gasteiger partial charge < -0.3 is 14.4 Å². The first-order chi connectivity index (χ1) is 10.9. The Hall–Kier alpha value is -2.10. The summed E-state index contributed by atoms with van der Waals surface area (Å²) in [5.74, 6) is 1.65. The molecule has 0 saturated heterocycles. The molecule has 0 aliphatic rings. The zero-order valence-electron chi connectivity index (χ0n) is 13.6. The Bertz CT molecular complexity index is 681. The summed E-state index contributed by atoms with van der Waals surface area (Å²) < 4.78 is 20.5. The van der Waals surface area contributed by atoms with E-state index in [2.05, 4.69) is 4.74 Å². The largest absolute Gasteiger partial charge is 0.575 e. The van der Waals surface area contributed by atoms with E-state index in [-0.39, 0.29) is 5.60 Å². The van der Waals surface area contributed by atoms with Gasteiger partial charge in [0.25, 0.3) is 0 Å². The third-order valence-electron chi connectivity index (χ3n) is 2.69. The van der Waals surface area contributed by atoms with Crippen LogP contribution < -0.4 is 18.9 Å². The van der Waals surface area contributed by atoms with Crippen LogP contribution in [0.5, 0.6) is 17.2 Å². The maximum Gasteiger partial charge on any atom is 0.399 e. The topological polar surface area (TPSA) is 63.1 Å². The summed E-state index contributed by atoms with van der Waals surface area (Å²) in [5, 5.41) is 0. The van der Waals surface area contributed by atoms with Crippen molar-refractivity contribution < 1.29 is 18.9 Å². The van der Waals surface area contributed by atoms with Crippen LogP contribution in [0.1, 0.15) is 20.8 Å². The summed E-state index contributed by atoms with van der Waals surface area (Å²) in [6.45, 7) is 5.82. The van der Waals surface area contributed by atoms with Crippen LogP contribution in [0.2, 0.25) is 0 Å². The molecule has 0 saturated carbocycles. The van der Waals surface area contributed by atoms with Gasteiger partial charge >= 0.3 is 8.17 Å². The Morgan fingerprint density at radius 3 is 2.30 bits per heavy atom. The van der Waals surface area contributed by atoms with Gasteiger partial charge in [-0.05, 0) is 49.8 Å². The highest BCUT2D eigenvalue weighted by Gasteiger charge is 2.16. The molecular weight excluding hydrogens is 313 g/mol. The zero-order valence-corrected chi connectivity index (χ0v) is 14.5. The van der Waals surface area contributed by atoms with Gasteiger partial charge in [-0.3, -0.25) is 4.52 Å². The molecule has 0 N–H and O–H groups in total. The number of ether oxygens (including phenoxy) is 2. The van der Waals surface area contributed by atoms with Crippen molar-refractivity contribution in [2.24, 2.45) is 4.74 Å². The molecule has 0 fully saturated rings. The zero-order chi connectivity index (χ0) is 16.9. The fourth-order valence-corrected chi connectivity index (χ4v) is 2.48. The first-order valence-electron chi connectivity index (χ1n) is 7.16. The summed E-state index contributed by atoms with van der Waals surface area (Å²) in [7, 11) is -0.644. The van der Waals surface area contributed by atoms with E-state index in [4.69, 9.17) is 14.0 Å². The molecule has 2 rings (SSSR count). The van der Waals surface area contributed by atoms with E-state index in [9.17, 15) is 4.89 Å². The normalized spacial score (nSPS) is 12.0. The monoisotopic (exact) mass is 333 g/mol. The molecule has 1 atom stereocenters. The quantitative estimate of drug-likeness (QED) is 0.759. The molecule has 0 aromatic heterocycles. The molecule has 2 aromatic carbocycles. The summed E-state index contributed by atoms with van der Waals surface area (Å²) in [6.07, 6.45) is 0. The molecule has 0 aliphatic carbocycles. The van der Waals surface area contributed by atoms with Crippen LogP contribution in [0, 0.1) is 0 Å². The van der Waals surface area contributed by atoms with E-state index >= 15 is 0 Å². The predicted octanol–water partition coefficient (Wildman–Crippen LogP) is 4.44. The van der Waals surface area contributed by atoms with E-state index in [0.29, 0.717) is 22.9 Å². The highest BCUT2D eigenvalue weighted by molar-refractivity contribution is 7.34. The highest BCUT2D eigenvalue weighted by atomic mass is 31.1. The van der Waals surface area contributed by atoms with Gasteiger partial charge in [-0.25, -0.2) is 0 Å². The number of hydrogen-bond donors (Lipinski definition) is 0. The molecule has 0 spiro atoms. The molecule has 6 heteroatoms. The van der Waals surface area contributed by atoms with Crippen LogP contribution in [0.15, 0.2) is 53.3 Å². The molecule has 1 unspecified atom stereocenters. The molecule has 0 heterocycles. The molecule has 2 aromatic rings. The van der Waals surface area contributed by atoms with Gasteiger partial charge in [-0.1, -0.05) is 18.2 Å². The molecule has 122 valence electrons. The summed E-state index contributed by atoms with van der Waals surface area (Å²) in [6, 6.07) is 14.0. The third kappa shape index (κ3) is 5.55.